The van der Waals surface area contributed by atoms with E-state index in [1.54, 1.807) is 13.8 Å². The summed E-state index contributed by atoms with van der Waals surface area (Å²) in [6.45, 7) is 4.66. The summed E-state index contributed by atoms with van der Waals surface area (Å²) in [7, 11) is 0. The molecule has 0 spiro atoms. The maximum Gasteiger partial charge on any atom is 0.257 e. The molecular weight excluding hydrogens is 412 g/mol. The lowest BCUT2D eigenvalue weighted by Gasteiger charge is -2.32. The largest absolute Gasteiger partial charge is 0.342 e. The van der Waals surface area contributed by atoms with Crippen molar-refractivity contribution < 1.29 is 13.6 Å². The number of carbonyl (C=O) groups excluding carboxylic acids is 1. The highest BCUT2D eigenvalue weighted by Crippen LogP contribution is 2.29. The molecule has 1 aliphatic heterocycles. The van der Waals surface area contributed by atoms with Gasteiger partial charge < -0.3 is 9.88 Å². The second-order valence-electron chi connectivity index (χ2n) is 8.28. The molecule has 3 heterocycles. The SMILES string of the molecule is Cc1nn(-c2ccc(F)cc2F)c(C)c1C(=O)N1CCCC(c2nc3ccccc3[nH]2)C1. The molecule has 2 aromatic heterocycles. The van der Waals surface area contributed by atoms with E-state index in [2.05, 4.69) is 10.1 Å². The quantitative estimate of drug-likeness (QED) is 0.509. The van der Waals surface area contributed by atoms with Crippen molar-refractivity contribution in [1.29, 1.82) is 0 Å². The number of hydrogen-bond acceptors (Lipinski definition) is 3. The van der Waals surface area contributed by atoms with Crippen LogP contribution in [0.4, 0.5) is 8.78 Å². The number of halogens is 2. The van der Waals surface area contributed by atoms with E-state index in [-0.39, 0.29) is 17.5 Å². The summed E-state index contributed by atoms with van der Waals surface area (Å²) >= 11 is 0. The maximum atomic E-state index is 14.3. The molecule has 0 bridgehead atoms. The predicted molar refractivity (Wildman–Crippen MR) is 117 cm³/mol. The number of amides is 1. The molecule has 1 fully saturated rings. The summed E-state index contributed by atoms with van der Waals surface area (Å²) in [4.78, 5) is 23.4. The molecule has 0 aliphatic carbocycles. The molecule has 2 aromatic carbocycles. The monoisotopic (exact) mass is 435 g/mol. The highest BCUT2D eigenvalue weighted by molar-refractivity contribution is 5.96. The number of imidazole rings is 1. The minimum atomic E-state index is -0.725. The van der Waals surface area contributed by atoms with E-state index in [1.165, 1.54) is 16.8 Å². The Hall–Kier alpha value is -3.55. The number of nitrogens with zero attached hydrogens (tertiary/aromatic N) is 4. The maximum absolute atomic E-state index is 14.3. The number of rotatable bonds is 3. The van der Waals surface area contributed by atoms with Crippen LogP contribution in [0.5, 0.6) is 0 Å². The number of hydrogen-bond donors (Lipinski definition) is 1. The van der Waals surface area contributed by atoms with Crippen molar-refractivity contribution >= 4 is 16.9 Å². The Kier molecular flexibility index (Phi) is 5.00. The van der Waals surface area contributed by atoms with Crippen LogP contribution in [0.15, 0.2) is 42.5 Å². The third-order valence-electron chi connectivity index (χ3n) is 6.15. The van der Waals surface area contributed by atoms with Gasteiger partial charge in [0.15, 0.2) is 5.82 Å². The molecule has 1 N–H and O–H groups in total. The molecule has 0 radical (unpaired) electrons. The normalized spacial score (nSPS) is 16.6. The van der Waals surface area contributed by atoms with Crippen molar-refractivity contribution in [2.45, 2.75) is 32.6 Å². The van der Waals surface area contributed by atoms with Crippen molar-refractivity contribution in [2.24, 2.45) is 0 Å². The van der Waals surface area contributed by atoms with E-state index >= 15 is 0 Å². The Labute approximate surface area is 183 Å². The van der Waals surface area contributed by atoms with Crippen molar-refractivity contribution in [3.05, 3.63) is 76.9 Å². The van der Waals surface area contributed by atoms with Crippen molar-refractivity contribution in [2.75, 3.05) is 13.1 Å². The Balaban J connectivity index is 1.43. The molecule has 8 heteroatoms. The van der Waals surface area contributed by atoms with Gasteiger partial charge >= 0.3 is 0 Å². The average molecular weight is 435 g/mol. The van der Waals surface area contributed by atoms with Crippen LogP contribution in [0.25, 0.3) is 16.7 Å². The summed E-state index contributed by atoms with van der Waals surface area (Å²) in [5.74, 6) is -0.507. The molecule has 1 saturated heterocycles. The average Bonchev–Trinajstić information content (AvgIpc) is 3.34. The molecule has 164 valence electrons. The topological polar surface area (TPSA) is 66.8 Å². The number of fused-ring (bicyclic) bond motifs is 1. The summed E-state index contributed by atoms with van der Waals surface area (Å²) in [5.41, 5.74) is 3.52. The summed E-state index contributed by atoms with van der Waals surface area (Å²) in [5, 5.41) is 4.38. The fraction of sp³-hybridized carbons (Fsp3) is 0.292. The third kappa shape index (κ3) is 3.45. The second-order valence-corrected chi connectivity index (χ2v) is 8.28. The van der Waals surface area contributed by atoms with Crippen molar-refractivity contribution in [3.63, 3.8) is 0 Å². The van der Waals surface area contributed by atoms with Crippen LogP contribution in [-0.4, -0.2) is 43.6 Å². The summed E-state index contributed by atoms with van der Waals surface area (Å²) in [6, 6.07) is 11.2. The van der Waals surface area contributed by atoms with Crippen LogP contribution in [0.3, 0.4) is 0 Å². The Morgan fingerprint density at radius 2 is 1.97 bits per heavy atom. The minimum absolute atomic E-state index is 0.116. The molecule has 32 heavy (non-hydrogen) atoms. The predicted octanol–water partition coefficient (Wildman–Crippen LogP) is 4.66. The van der Waals surface area contributed by atoms with E-state index < -0.39 is 11.6 Å². The lowest BCUT2D eigenvalue weighted by molar-refractivity contribution is 0.0703. The highest BCUT2D eigenvalue weighted by Gasteiger charge is 2.30. The van der Waals surface area contributed by atoms with E-state index in [0.717, 1.165) is 35.8 Å². The molecule has 1 unspecified atom stereocenters. The number of para-hydroxylation sites is 2. The molecular formula is C24H23F2N5O. The number of benzene rings is 2. The van der Waals surface area contributed by atoms with Crippen LogP contribution in [0.1, 0.15) is 46.3 Å². The van der Waals surface area contributed by atoms with Gasteiger partial charge in [0, 0.05) is 25.1 Å². The van der Waals surface area contributed by atoms with Crippen molar-refractivity contribution in [3.8, 4) is 5.69 Å². The first-order valence-electron chi connectivity index (χ1n) is 10.7. The van der Waals surface area contributed by atoms with Crippen LogP contribution < -0.4 is 0 Å². The van der Waals surface area contributed by atoms with Gasteiger partial charge in [-0.3, -0.25) is 4.79 Å². The van der Waals surface area contributed by atoms with Crippen LogP contribution in [-0.2, 0) is 0 Å². The van der Waals surface area contributed by atoms with Gasteiger partial charge in [0.25, 0.3) is 5.91 Å². The number of aryl methyl sites for hydroxylation is 1. The zero-order valence-corrected chi connectivity index (χ0v) is 17.9. The second kappa shape index (κ2) is 7.85. The van der Waals surface area contributed by atoms with Gasteiger partial charge in [-0.15, -0.1) is 0 Å². The number of nitrogens with one attached hydrogen (secondary N) is 1. The molecule has 5 rings (SSSR count). The Morgan fingerprint density at radius 1 is 1.16 bits per heavy atom. The standard InChI is InChI=1S/C24H23F2N5O/c1-14-22(15(2)31(29-14)21-10-9-17(25)12-18(21)26)24(32)30-11-5-6-16(13-30)23-27-19-7-3-4-8-20(19)28-23/h3-4,7-10,12,16H,5-6,11,13H2,1-2H3,(H,27,28). The first-order valence-corrected chi connectivity index (χ1v) is 10.7. The smallest absolute Gasteiger partial charge is 0.257 e. The lowest BCUT2D eigenvalue weighted by atomic mass is 9.96. The number of aromatic nitrogens is 4. The van der Waals surface area contributed by atoms with Crippen LogP contribution >= 0.6 is 0 Å². The fourth-order valence-electron chi connectivity index (χ4n) is 4.55. The summed E-state index contributed by atoms with van der Waals surface area (Å²) in [6.07, 6.45) is 1.81. The number of H-pyrrole nitrogens is 1. The first-order chi connectivity index (χ1) is 15.4. The van der Waals surface area contributed by atoms with Crippen molar-refractivity contribution in [1.82, 2.24) is 24.6 Å². The molecule has 1 aliphatic rings. The molecule has 1 amide bonds. The number of aromatic amines is 1. The molecule has 1 atom stereocenters. The Bertz CT molecular complexity index is 1290. The highest BCUT2D eigenvalue weighted by atomic mass is 19.1. The van der Waals surface area contributed by atoms with Crippen LogP contribution in [0, 0.1) is 25.5 Å². The molecule has 0 saturated carbocycles. The van der Waals surface area contributed by atoms with Crippen LogP contribution in [0.2, 0.25) is 0 Å². The van der Waals surface area contributed by atoms with Gasteiger partial charge in [-0.1, -0.05) is 12.1 Å². The first kappa shape index (κ1) is 20.4. The van der Waals surface area contributed by atoms with Gasteiger partial charge in [-0.25, -0.2) is 18.4 Å². The van der Waals surface area contributed by atoms with Gasteiger partial charge in [0.1, 0.15) is 17.3 Å². The number of likely N-dealkylation sites (tertiary alicyclic amines) is 1. The third-order valence-corrected chi connectivity index (χ3v) is 6.15. The van der Waals surface area contributed by atoms with Gasteiger partial charge in [0.05, 0.1) is 28.0 Å². The van der Waals surface area contributed by atoms with Gasteiger partial charge in [-0.05, 0) is 51.0 Å². The Morgan fingerprint density at radius 3 is 2.75 bits per heavy atom. The van der Waals surface area contributed by atoms with E-state index in [1.807, 2.05) is 29.2 Å². The summed E-state index contributed by atoms with van der Waals surface area (Å²) < 4.78 is 29.0. The van der Waals surface area contributed by atoms with E-state index in [9.17, 15) is 13.6 Å². The number of carbonyl (C=O) groups is 1. The van der Waals surface area contributed by atoms with E-state index in [0.29, 0.717) is 30.0 Å². The molecule has 6 nitrogen and oxygen atoms in total. The van der Waals surface area contributed by atoms with Gasteiger partial charge in [-0.2, -0.15) is 5.10 Å². The minimum Gasteiger partial charge on any atom is -0.342 e. The van der Waals surface area contributed by atoms with Gasteiger partial charge in [0.2, 0.25) is 0 Å². The van der Waals surface area contributed by atoms with E-state index in [4.69, 9.17) is 4.98 Å². The fourth-order valence-corrected chi connectivity index (χ4v) is 4.55. The molecule has 4 aromatic rings. The number of piperidine rings is 1. The zero-order valence-electron chi connectivity index (χ0n) is 17.9. The zero-order chi connectivity index (χ0) is 22.4. The lowest BCUT2D eigenvalue weighted by Crippen LogP contribution is -2.39.